The first-order chi connectivity index (χ1) is 17.7. The van der Waals surface area contributed by atoms with E-state index in [2.05, 4.69) is 39.4 Å². The number of nitrogens with two attached hydrogens (primary N) is 1. The fourth-order valence-electron chi connectivity index (χ4n) is 4.55. The molecule has 1 atom stereocenters. The number of benzene rings is 4. The number of nitrogens with zero attached hydrogens (tertiary/aromatic N) is 3. The summed E-state index contributed by atoms with van der Waals surface area (Å²) in [6.45, 7) is 0. The highest BCUT2D eigenvalue weighted by Gasteiger charge is 2.28. The summed E-state index contributed by atoms with van der Waals surface area (Å²) in [4.78, 5) is 17.0. The Hall–Kier alpha value is -4.36. The number of Topliss-reactive ketones (excluding diaryl/α,β-unsaturated/α-hetero) is 1. The van der Waals surface area contributed by atoms with E-state index in [4.69, 9.17) is 5.84 Å². The lowest BCUT2D eigenvalue weighted by atomic mass is 10.0. The van der Waals surface area contributed by atoms with Gasteiger partial charge in [-0.3, -0.25) is 4.79 Å². The smallest absolute Gasteiger partial charge is 0.210 e. The Kier molecular flexibility index (Phi) is 5.75. The zero-order valence-electron chi connectivity index (χ0n) is 19.3. The highest BCUT2D eigenvalue weighted by atomic mass is 32.2. The molecule has 7 heteroatoms. The van der Waals surface area contributed by atoms with Gasteiger partial charge >= 0.3 is 0 Å². The molecule has 0 aliphatic rings. The number of thioether (sulfide) groups is 1. The molecule has 0 amide bonds. The second kappa shape index (κ2) is 9.36. The normalized spacial score (nSPS) is 12.2. The number of hydrogen-bond acceptors (Lipinski definition) is 5. The number of para-hydroxylation sites is 1. The molecule has 176 valence electrons. The van der Waals surface area contributed by atoms with E-state index >= 15 is 0 Å². The van der Waals surface area contributed by atoms with Crippen LogP contribution in [0.5, 0.6) is 0 Å². The summed E-state index contributed by atoms with van der Waals surface area (Å²) in [5.74, 6) is 7.11. The van der Waals surface area contributed by atoms with E-state index in [-0.39, 0.29) is 5.78 Å². The van der Waals surface area contributed by atoms with Crippen molar-refractivity contribution in [2.45, 2.75) is 16.8 Å². The standard InChI is InChI=1S/C29H23N5OS/c30-34-26(17-21-13-8-12-19-9-4-5-14-22(19)21)32-33-29(34)36-28(20-10-2-1-3-11-20)27(35)24-18-31-25-16-7-6-15-23(24)25/h1-16,18,28,31H,17,30H2/t28-/m1/s1. The molecule has 0 unspecified atom stereocenters. The lowest BCUT2D eigenvalue weighted by Crippen LogP contribution is -2.16. The van der Waals surface area contributed by atoms with Gasteiger partial charge in [0.15, 0.2) is 11.6 Å². The number of carbonyl (C=O) groups is 1. The Morgan fingerprint density at radius 3 is 2.44 bits per heavy atom. The minimum atomic E-state index is -0.526. The topological polar surface area (TPSA) is 89.6 Å². The van der Waals surface area contributed by atoms with Gasteiger partial charge in [-0.15, -0.1) is 10.2 Å². The van der Waals surface area contributed by atoms with E-state index in [0.29, 0.717) is 23.0 Å². The molecule has 0 spiro atoms. The third-order valence-electron chi connectivity index (χ3n) is 6.38. The molecular formula is C29H23N5OS. The van der Waals surface area contributed by atoms with Crippen molar-refractivity contribution in [3.8, 4) is 0 Å². The molecule has 0 radical (unpaired) electrons. The minimum Gasteiger partial charge on any atom is -0.360 e. The van der Waals surface area contributed by atoms with Gasteiger partial charge in [0.1, 0.15) is 5.25 Å². The molecule has 0 aliphatic heterocycles. The van der Waals surface area contributed by atoms with E-state index < -0.39 is 5.25 Å². The van der Waals surface area contributed by atoms with Crippen molar-refractivity contribution in [2.75, 3.05) is 5.84 Å². The van der Waals surface area contributed by atoms with E-state index in [0.717, 1.165) is 27.4 Å². The number of nitrogen functional groups attached to an aromatic ring is 1. The Labute approximate surface area is 212 Å². The van der Waals surface area contributed by atoms with Crippen molar-refractivity contribution in [1.29, 1.82) is 0 Å². The van der Waals surface area contributed by atoms with Crippen molar-refractivity contribution in [3.63, 3.8) is 0 Å². The molecular weight excluding hydrogens is 466 g/mol. The molecule has 2 heterocycles. The van der Waals surface area contributed by atoms with Crippen LogP contribution < -0.4 is 5.84 Å². The van der Waals surface area contributed by atoms with Crippen LogP contribution in [0.2, 0.25) is 0 Å². The van der Waals surface area contributed by atoms with E-state index in [1.807, 2.05) is 72.8 Å². The number of carbonyl (C=O) groups excluding carboxylic acids is 1. The highest BCUT2D eigenvalue weighted by molar-refractivity contribution is 8.00. The summed E-state index contributed by atoms with van der Waals surface area (Å²) in [5, 5.41) is 12.0. The first-order valence-corrected chi connectivity index (χ1v) is 12.5. The van der Waals surface area contributed by atoms with Gasteiger partial charge in [-0.2, -0.15) is 0 Å². The zero-order chi connectivity index (χ0) is 24.5. The Bertz CT molecular complexity index is 1680. The molecule has 0 fully saturated rings. The van der Waals surface area contributed by atoms with Crippen LogP contribution in [0.4, 0.5) is 0 Å². The third-order valence-corrected chi connectivity index (χ3v) is 7.59. The van der Waals surface area contributed by atoms with Crippen LogP contribution >= 0.6 is 11.8 Å². The number of rotatable bonds is 7. The van der Waals surface area contributed by atoms with Crippen LogP contribution in [0.15, 0.2) is 108 Å². The number of ketones is 1. The second-order valence-corrected chi connectivity index (χ2v) is 9.68. The molecule has 36 heavy (non-hydrogen) atoms. The molecule has 6 nitrogen and oxygen atoms in total. The van der Waals surface area contributed by atoms with Crippen LogP contribution in [0.3, 0.4) is 0 Å². The molecule has 0 bridgehead atoms. The zero-order valence-corrected chi connectivity index (χ0v) is 20.2. The molecule has 6 aromatic rings. The highest BCUT2D eigenvalue weighted by Crippen LogP contribution is 2.38. The monoisotopic (exact) mass is 489 g/mol. The Morgan fingerprint density at radius 2 is 1.58 bits per heavy atom. The number of fused-ring (bicyclic) bond motifs is 2. The van der Waals surface area contributed by atoms with Crippen LogP contribution in [-0.2, 0) is 6.42 Å². The number of hydrogen-bond donors (Lipinski definition) is 2. The first kappa shape index (κ1) is 22.1. The Morgan fingerprint density at radius 1 is 0.861 bits per heavy atom. The number of nitrogens with one attached hydrogen (secondary N) is 1. The summed E-state index contributed by atoms with van der Waals surface area (Å²) in [6.07, 6.45) is 2.32. The molecule has 0 aliphatic carbocycles. The average Bonchev–Trinajstić information content (AvgIpc) is 3.51. The van der Waals surface area contributed by atoms with Gasteiger partial charge in [-0.1, -0.05) is 103 Å². The summed E-state index contributed by atoms with van der Waals surface area (Å²) >= 11 is 1.32. The van der Waals surface area contributed by atoms with Crippen molar-refractivity contribution >= 4 is 39.2 Å². The lowest BCUT2D eigenvalue weighted by molar-refractivity contribution is 0.0991. The van der Waals surface area contributed by atoms with Crippen LogP contribution in [0.25, 0.3) is 21.7 Å². The first-order valence-electron chi connectivity index (χ1n) is 11.7. The van der Waals surface area contributed by atoms with Crippen molar-refractivity contribution in [2.24, 2.45) is 0 Å². The van der Waals surface area contributed by atoms with Gasteiger partial charge < -0.3 is 10.8 Å². The van der Waals surface area contributed by atoms with E-state index in [1.165, 1.54) is 21.8 Å². The van der Waals surface area contributed by atoms with Gasteiger partial charge in [0.2, 0.25) is 5.16 Å². The maximum Gasteiger partial charge on any atom is 0.210 e. The van der Waals surface area contributed by atoms with Gasteiger partial charge in [0, 0.05) is 29.1 Å². The second-order valence-electron chi connectivity index (χ2n) is 8.60. The third kappa shape index (κ3) is 4.03. The minimum absolute atomic E-state index is 0.0118. The Balaban J connectivity index is 1.34. The largest absolute Gasteiger partial charge is 0.360 e. The van der Waals surface area contributed by atoms with Gasteiger partial charge in [0.25, 0.3) is 0 Å². The quantitative estimate of drug-likeness (QED) is 0.165. The summed E-state index contributed by atoms with van der Waals surface area (Å²) in [7, 11) is 0. The summed E-state index contributed by atoms with van der Waals surface area (Å²) < 4.78 is 1.50. The molecule has 3 N–H and O–H groups in total. The fourth-order valence-corrected chi connectivity index (χ4v) is 5.59. The maximum absolute atomic E-state index is 13.8. The van der Waals surface area contributed by atoms with E-state index in [9.17, 15) is 4.79 Å². The number of aromatic amines is 1. The van der Waals surface area contributed by atoms with Gasteiger partial charge in [-0.25, -0.2) is 4.68 Å². The molecule has 4 aromatic carbocycles. The molecule has 2 aromatic heterocycles. The van der Waals surface area contributed by atoms with Crippen LogP contribution in [0, 0.1) is 0 Å². The maximum atomic E-state index is 13.8. The van der Waals surface area contributed by atoms with Gasteiger partial charge in [-0.05, 0) is 28.0 Å². The fraction of sp³-hybridized carbons (Fsp3) is 0.0690. The summed E-state index contributed by atoms with van der Waals surface area (Å²) in [5.41, 5.74) is 3.58. The van der Waals surface area contributed by atoms with Gasteiger partial charge in [0.05, 0.1) is 0 Å². The molecule has 0 saturated carbocycles. The number of H-pyrrole nitrogens is 1. The summed E-state index contributed by atoms with van der Waals surface area (Å²) in [6, 6.07) is 32.0. The lowest BCUT2D eigenvalue weighted by Gasteiger charge is -2.15. The van der Waals surface area contributed by atoms with Crippen molar-refractivity contribution in [3.05, 3.63) is 126 Å². The van der Waals surface area contributed by atoms with E-state index in [1.54, 1.807) is 6.20 Å². The van der Waals surface area contributed by atoms with Crippen molar-refractivity contribution < 1.29 is 4.79 Å². The SMILES string of the molecule is Nn1c(Cc2cccc3ccccc23)nnc1S[C@@H](C(=O)c1c[nH]c2ccccc12)c1ccccc1. The number of aromatic nitrogens is 4. The predicted molar refractivity (Wildman–Crippen MR) is 145 cm³/mol. The molecule has 0 saturated heterocycles. The van der Waals surface area contributed by atoms with Crippen LogP contribution in [-0.4, -0.2) is 25.6 Å². The average molecular weight is 490 g/mol. The predicted octanol–water partition coefficient (Wildman–Crippen LogP) is 5.93. The molecule has 6 rings (SSSR count). The van der Waals surface area contributed by atoms with Crippen LogP contribution in [0.1, 0.15) is 32.6 Å². The van der Waals surface area contributed by atoms with Crippen molar-refractivity contribution in [1.82, 2.24) is 19.9 Å².